The summed E-state index contributed by atoms with van der Waals surface area (Å²) in [5.41, 5.74) is 0.459. The van der Waals surface area contributed by atoms with E-state index in [4.69, 9.17) is 9.47 Å². The molecule has 0 N–H and O–H groups in total. The molecule has 20 heavy (non-hydrogen) atoms. The van der Waals surface area contributed by atoms with Gasteiger partial charge in [-0.1, -0.05) is 33.6 Å². The van der Waals surface area contributed by atoms with Crippen molar-refractivity contribution in [3.05, 3.63) is 0 Å². The molecule has 5 atom stereocenters. The molecule has 3 fully saturated rings. The molecule has 0 amide bonds. The SMILES string of the molecule is CCC(C)(C)CCCCOC1C2CC3C(=O)OC1C3C2. The van der Waals surface area contributed by atoms with Crippen LogP contribution in [-0.4, -0.2) is 24.8 Å². The molecule has 0 aromatic rings. The van der Waals surface area contributed by atoms with Gasteiger partial charge in [0.2, 0.25) is 0 Å². The van der Waals surface area contributed by atoms with Gasteiger partial charge in [0.25, 0.3) is 0 Å². The summed E-state index contributed by atoms with van der Waals surface area (Å²) in [5, 5.41) is 0. The molecule has 0 spiro atoms. The van der Waals surface area contributed by atoms with Crippen LogP contribution < -0.4 is 0 Å². The van der Waals surface area contributed by atoms with Gasteiger partial charge in [-0.15, -0.1) is 0 Å². The molecule has 1 saturated heterocycles. The molecule has 2 saturated carbocycles. The third kappa shape index (κ3) is 2.49. The molecule has 1 aliphatic heterocycles. The summed E-state index contributed by atoms with van der Waals surface area (Å²) in [6, 6.07) is 0. The van der Waals surface area contributed by atoms with Crippen molar-refractivity contribution in [2.24, 2.45) is 23.2 Å². The zero-order chi connectivity index (χ0) is 14.3. The molecule has 0 aromatic heterocycles. The molecule has 5 unspecified atom stereocenters. The Morgan fingerprint density at radius 3 is 2.85 bits per heavy atom. The fraction of sp³-hybridized carbons (Fsp3) is 0.941. The Kier molecular flexibility index (Phi) is 3.83. The van der Waals surface area contributed by atoms with E-state index >= 15 is 0 Å². The van der Waals surface area contributed by atoms with Gasteiger partial charge in [0, 0.05) is 12.5 Å². The lowest BCUT2D eigenvalue weighted by molar-refractivity contribution is -0.147. The quantitative estimate of drug-likeness (QED) is 0.528. The fourth-order valence-electron chi connectivity index (χ4n) is 4.23. The van der Waals surface area contributed by atoms with E-state index in [9.17, 15) is 4.79 Å². The van der Waals surface area contributed by atoms with Gasteiger partial charge >= 0.3 is 5.97 Å². The van der Waals surface area contributed by atoms with Gasteiger partial charge in [-0.3, -0.25) is 4.79 Å². The van der Waals surface area contributed by atoms with Gasteiger partial charge in [-0.05, 0) is 37.0 Å². The Morgan fingerprint density at radius 1 is 1.30 bits per heavy atom. The average molecular weight is 280 g/mol. The van der Waals surface area contributed by atoms with Gasteiger partial charge in [-0.25, -0.2) is 0 Å². The second-order valence-electron chi connectivity index (χ2n) is 7.71. The predicted octanol–water partition coefficient (Wildman–Crippen LogP) is 3.56. The molecule has 3 aliphatic rings. The normalized spacial score (nSPS) is 38.5. The molecule has 3 heteroatoms. The van der Waals surface area contributed by atoms with Crippen LogP contribution in [0.25, 0.3) is 0 Å². The second-order valence-corrected chi connectivity index (χ2v) is 7.71. The first-order valence-electron chi connectivity index (χ1n) is 8.34. The lowest BCUT2D eigenvalue weighted by Gasteiger charge is -2.26. The summed E-state index contributed by atoms with van der Waals surface area (Å²) in [6.45, 7) is 7.76. The number of esters is 1. The molecule has 0 radical (unpaired) electrons. The van der Waals surface area contributed by atoms with E-state index in [1.165, 1.54) is 19.3 Å². The number of hydrogen-bond acceptors (Lipinski definition) is 3. The number of rotatable bonds is 7. The Morgan fingerprint density at radius 2 is 2.10 bits per heavy atom. The van der Waals surface area contributed by atoms with Crippen molar-refractivity contribution in [2.45, 2.75) is 71.5 Å². The first kappa shape index (κ1) is 14.4. The highest BCUT2D eigenvalue weighted by Gasteiger charge is 2.62. The monoisotopic (exact) mass is 280 g/mol. The third-order valence-electron chi connectivity index (χ3n) is 5.93. The van der Waals surface area contributed by atoms with E-state index < -0.39 is 0 Å². The molecule has 3 nitrogen and oxygen atoms in total. The first-order valence-corrected chi connectivity index (χ1v) is 8.34. The number of unbranched alkanes of at least 4 members (excludes halogenated alkanes) is 1. The minimum absolute atomic E-state index is 0.0401. The highest BCUT2D eigenvalue weighted by atomic mass is 16.6. The van der Waals surface area contributed by atoms with Gasteiger partial charge in [0.05, 0.1) is 12.0 Å². The minimum atomic E-state index is 0.0401. The van der Waals surface area contributed by atoms with Crippen molar-refractivity contribution in [1.82, 2.24) is 0 Å². The maximum atomic E-state index is 11.7. The maximum Gasteiger partial charge on any atom is 0.309 e. The maximum absolute atomic E-state index is 11.7. The minimum Gasteiger partial charge on any atom is -0.459 e. The standard InChI is InChI=1S/C17H28O3/c1-4-17(2,3)7-5-6-8-19-14-11-9-12-13(10-11)16(18)20-15(12)14/h11-15H,4-10H2,1-3H3. The third-order valence-corrected chi connectivity index (χ3v) is 5.93. The van der Waals surface area contributed by atoms with E-state index in [0.29, 0.717) is 17.3 Å². The van der Waals surface area contributed by atoms with Crippen LogP contribution >= 0.6 is 0 Å². The van der Waals surface area contributed by atoms with E-state index in [-0.39, 0.29) is 24.1 Å². The molecule has 114 valence electrons. The summed E-state index contributed by atoms with van der Waals surface area (Å²) in [4.78, 5) is 11.7. The molecule has 2 aliphatic carbocycles. The number of carbonyl (C=O) groups excluding carboxylic acids is 1. The van der Waals surface area contributed by atoms with E-state index in [2.05, 4.69) is 20.8 Å². The molecule has 1 heterocycles. The summed E-state index contributed by atoms with van der Waals surface area (Å²) in [7, 11) is 0. The first-order chi connectivity index (χ1) is 9.52. The van der Waals surface area contributed by atoms with Gasteiger partial charge in [0.15, 0.2) is 0 Å². The summed E-state index contributed by atoms with van der Waals surface area (Å²) in [5.74, 6) is 1.29. The Balaban J connectivity index is 1.39. The van der Waals surface area contributed by atoms with Crippen molar-refractivity contribution < 1.29 is 14.3 Å². The lowest BCUT2D eigenvalue weighted by Crippen LogP contribution is -2.34. The van der Waals surface area contributed by atoms with E-state index in [0.717, 1.165) is 25.9 Å². The van der Waals surface area contributed by atoms with E-state index in [1.54, 1.807) is 0 Å². The summed E-state index contributed by atoms with van der Waals surface area (Å²) in [6.07, 6.45) is 7.29. The van der Waals surface area contributed by atoms with Crippen LogP contribution in [0.3, 0.4) is 0 Å². The van der Waals surface area contributed by atoms with Crippen LogP contribution in [0, 0.1) is 23.2 Å². The molecular weight excluding hydrogens is 252 g/mol. The Labute approximate surface area is 122 Å². The number of hydrogen-bond donors (Lipinski definition) is 0. The summed E-state index contributed by atoms with van der Waals surface area (Å²) >= 11 is 0. The largest absolute Gasteiger partial charge is 0.459 e. The van der Waals surface area contributed by atoms with Crippen molar-refractivity contribution >= 4 is 5.97 Å². The summed E-state index contributed by atoms with van der Waals surface area (Å²) < 4.78 is 11.6. The smallest absolute Gasteiger partial charge is 0.309 e. The number of ether oxygens (including phenoxy) is 2. The second kappa shape index (κ2) is 5.32. The number of fused-ring (bicyclic) bond motifs is 1. The van der Waals surface area contributed by atoms with Crippen LogP contribution in [-0.2, 0) is 14.3 Å². The number of carbonyl (C=O) groups is 1. The van der Waals surface area contributed by atoms with Crippen LogP contribution in [0.4, 0.5) is 0 Å². The zero-order valence-corrected chi connectivity index (χ0v) is 13.1. The predicted molar refractivity (Wildman–Crippen MR) is 77.2 cm³/mol. The molecule has 0 aromatic carbocycles. The Bertz CT molecular complexity index is 376. The molecule has 3 rings (SSSR count). The highest BCUT2D eigenvalue weighted by Crippen LogP contribution is 2.55. The highest BCUT2D eigenvalue weighted by molar-refractivity contribution is 5.76. The zero-order valence-electron chi connectivity index (χ0n) is 13.1. The van der Waals surface area contributed by atoms with Crippen LogP contribution in [0.5, 0.6) is 0 Å². The van der Waals surface area contributed by atoms with E-state index in [1.807, 2.05) is 0 Å². The Hall–Kier alpha value is -0.570. The fourth-order valence-corrected chi connectivity index (χ4v) is 4.23. The van der Waals surface area contributed by atoms with Gasteiger partial charge < -0.3 is 9.47 Å². The van der Waals surface area contributed by atoms with Crippen molar-refractivity contribution in [3.63, 3.8) is 0 Å². The topological polar surface area (TPSA) is 35.5 Å². The molecule has 2 bridgehead atoms. The van der Waals surface area contributed by atoms with Crippen LogP contribution in [0.1, 0.15) is 59.3 Å². The van der Waals surface area contributed by atoms with Crippen molar-refractivity contribution in [2.75, 3.05) is 6.61 Å². The van der Waals surface area contributed by atoms with Gasteiger partial charge in [0.1, 0.15) is 6.10 Å². The van der Waals surface area contributed by atoms with Crippen molar-refractivity contribution in [1.29, 1.82) is 0 Å². The lowest BCUT2D eigenvalue weighted by atomic mass is 9.85. The average Bonchev–Trinajstić information content (AvgIpc) is 3.02. The van der Waals surface area contributed by atoms with Crippen LogP contribution in [0.15, 0.2) is 0 Å². The van der Waals surface area contributed by atoms with Crippen LogP contribution in [0.2, 0.25) is 0 Å². The van der Waals surface area contributed by atoms with Crippen molar-refractivity contribution in [3.8, 4) is 0 Å². The molecular formula is C17H28O3. The van der Waals surface area contributed by atoms with Gasteiger partial charge in [-0.2, -0.15) is 0 Å².